The zero-order chi connectivity index (χ0) is 19.0. The molecule has 6 nitrogen and oxygen atoms in total. The zero-order valence-electron chi connectivity index (χ0n) is 14.3. The molecule has 0 fully saturated rings. The second-order valence-electron chi connectivity index (χ2n) is 6.43. The van der Waals surface area contributed by atoms with Gasteiger partial charge in [-0.3, -0.25) is 0 Å². The number of oxime groups is 1. The van der Waals surface area contributed by atoms with Crippen LogP contribution in [0.3, 0.4) is 0 Å². The molecule has 0 radical (unpaired) electrons. The van der Waals surface area contributed by atoms with Gasteiger partial charge in [-0.25, -0.2) is 0 Å². The molecule has 3 aromatic rings. The molecule has 2 heterocycles. The largest absolute Gasteiger partial charge is 0.384 e. The number of aromatic amines is 1. The first-order chi connectivity index (χ1) is 13.0. The van der Waals surface area contributed by atoms with Crippen molar-refractivity contribution in [3.05, 3.63) is 75.8 Å². The third kappa shape index (κ3) is 3.27. The molecule has 0 spiro atoms. The zero-order valence-corrected chi connectivity index (χ0v) is 15.8. The van der Waals surface area contributed by atoms with Gasteiger partial charge in [0, 0.05) is 27.6 Å². The molecule has 0 saturated heterocycles. The van der Waals surface area contributed by atoms with Crippen LogP contribution in [0.25, 0.3) is 5.69 Å². The Bertz CT molecular complexity index is 1070. The summed E-state index contributed by atoms with van der Waals surface area (Å²) in [5, 5.41) is 17.8. The number of aromatic nitrogens is 3. The Labute approximate surface area is 165 Å². The highest BCUT2D eigenvalue weighted by Gasteiger charge is 2.37. The predicted molar refractivity (Wildman–Crippen MR) is 101 cm³/mol. The Balaban J connectivity index is 1.65. The van der Waals surface area contributed by atoms with Gasteiger partial charge in [-0.05, 0) is 48.3 Å². The van der Waals surface area contributed by atoms with Crippen molar-refractivity contribution in [2.75, 3.05) is 0 Å². The first-order valence-electron chi connectivity index (χ1n) is 8.15. The van der Waals surface area contributed by atoms with Crippen molar-refractivity contribution in [2.24, 2.45) is 5.16 Å². The fourth-order valence-corrected chi connectivity index (χ4v) is 3.61. The van der Waals surface area contributed by atoms with E-state index in [1.54, 1.807) is 29.5 Å². The highest BCUT2D eigenvalue weighted by molar-refractivity contribution is 6.34. The van der Waals surface area contributed by atoms with E-state index in [-0.39, 0.29) is 0 Å². The standard InChI is InChI=1S/C19H13Cl2N5O/c1-19(14-5-15(20)7-16(21)6-14)8-17(25-27-19)12-2-3-18(13(4-12)9-22)26-11-23-10-24-26/h2-7,10-11H,8H2,1H3/p+1. The van der Waals surface area contributed by atoms with Crippen LogP contribution in [0, 0.1) is 11.3 Å². The summed E-state index contributed by atoms with van der Waals surface area (Å²) in [6, 6.07) is 13.1. The van der Waals surface area contributed by atoms with E-state index in [0.29, 0.717) is 27.7 Å². The predicted octanol–water partition coefficient (Wildman–Crippen LogP) is 3.90. The SMILES string of the molecule is CC1(c2cc(Cl)cc(Cl)c2)CC(c2ccc(-[n+]3cnc[nH]3)c(C#N)c2)=NO1. The van der Waals surface area contributed by atoms with Crippen LogP contribution >= 0.6 is 23.2 Å². The summed E-state index contributed by atoms with van der Waals surface area (Å²) < 4.78 is 1.67. The van der Waals surface area contributed by atoms with Crippen LogP contribution in [0.1, 0.15) is 30.0 Å². The maximum absolute atomic E-state index is 9.53. The van der Waals surface area contributed by atoms with Gasteiger partial charge in [0.2, 0.25) is 6.33 Å². The summed E-state index contributed by atoms with van der Waals surface area (Å²) in [5.74, 6) is 0. The summed E-state index contributed by atoms with van der Waals surface area (Å²) in [6.07, 6.45) is 3.68. The molecule has 0 amide bonds. The molecule has 134 valence electrons. The van der Waals surface area contributed by atoms with E-state index in [0.717, 1.165) is 16.8 Å². The number of hydrogen-bond donors (Lipinski definition) is 1. The van der Waals surface area contributed by atoms with Crippen molar-refractivity contribution in [1.29, 1.82) is 5.26 Å². The lowest BCUT2D eigenvalue weighted by Gasteiger charge is -2.22. The molecule has 1 unspecified atom stereocenters. The van der Waals surface area contributed by atoms with Crippen LogP contribution in [0.5, 0.6) is 0 Å². The van der Waals surface area contributed by atoms with Crippen LogP contribution in [-0.2, 0) is 10.4 Å². The second-order valence-corrected chi connectivity index (χ2v) is 7.30. The number of nitriles is 1. The fraction of sp³-hybridized carbons (Fsp3) is 0.158. The lowest BCUT2D eigenvalue weighted by Crippen LogP contribution is -2.32. The lowest BCUT2D eigenvalue weighted by molar-refractivity contribution is -0.656. The van der Waals surface area contributed by atoms with Gasteiger partial charge in [-0.2, -0.15) is 10.4 Å². The normalized spacial score (nSPS) is 18.7. The highest BCUT2D eigenvalue weighted by Crippen LogP contribution is 2.38. The molecular formula is C19H14Cl2N5O+. The molecule has 2 aromatic carbocycles. The van der Waals surface area contributed by atoms with E-state index in [1.165, 1.54) is 0 Å². The maximum Gasteiger partial charge on any atom is 0.312 e. The molecule has 4 rings (SSSR count). The van der Waals surface area contributed by atoms with Gasteiger partial charge in [-0.15, -0.1) is 4.68 Å². The minimum absolute atomic E-state index is 0.504. The Hall–Kier alpha value is -2.88. The molecule has 1 N–H and O–H groups in total. The third-order valence-electron chi connectivity index (χ3n) is 4.50. The minimum Gasteiger partial charge on any atom is -0.384 e. The first kappa shape index (κ1) is 17.5. The van der Waals surface area contributed by atoms with E-state index < -0.39 is 5.60 Å². The molecule has 8 heteroatoms. The maximum atomic E-state index is 9.53. The first-order valence-corrected chi connectivity index (χ1v) is 8.91. The van der Waals surface area contributed by atoms with Crippen LogP contribution in [0.2, 0.25) is 10.0 Å². The van der Waals surface area contributed by atoms with Crippen LogP contribution < -0.4 is 4.68 Å². The number of H-pyrrole nitrogens is 1. The average molecular weight is 399 g/mol. The molecule has 1 aromatic heterocycles. The van der Waals surface area contributed by atoms with Gasteiger partial charge in [-0.1, -0.05) is 28.4 Å². The Morgan fingerprint density at radius 1 is 1.22 bits per heavy atom. The van der Waals surface area contributed by atoms with Crippen molar-refractivity contribution in [1.82, 2.24) is 10.1 Å². The van der Waals surface area contributed by atoms with E-state index >= 15 is 0 Å². The van der Waals surface area contributed by atoms with Crippen molar-refractivity contribution in [2.45, 2.75) is 18.9 Å². The molecule has 0 aliphatic carbocycles. The second kappa shape index (κ2) is 6.69. The van der Waals surface area contributed by atoms with Gasteiger partial charge in [0.25, 0.3) is 0 Å². The van der Waals surface area contributed by atoms with Crippen molar-refractivity contribution in [3.8, 4) is 11.8 Å². The van der Waals surface area contributed by atoms with Gasteiger partial charge in [0.1, 0.15) is 11.6 Å². The van der Waals surface area contributed by atoms with Gasteiger partial charge in [0.15, 0.2) is 11.3 Å². The Morgan fingerprint density at radius 2 is 2.00 bits per heavy atom. The topological polar surface area (TPSA) is 77.9 Å². The van der Waals surface area contributed by atoms with Crippen LogP contribution in [0.4, 0.5) is 0 Å². The summed E-state index contributed by atoms with van der Waals surface area (Å²) in [6.45, 7) is 1.94. The van der Waals surface area contributed by atoms with Gasteiger partial charge in [0.05, 0.1) is 5.71 Å². The molecular weight excluding hydrogens is 385 g/mol. The van der Waals surface area contributed by atoms with Crippen LogP contribution in [0.15, 0.2) is 54.2 Å². The monoisotopic (exact) mass is 398 g/mol. The number of nitrogens with zero attached hydrogens (tertiary/aromatic N) is 4. The van der Waals surface area contributed by atoms with Crippen molar-refractivity contribution >= 4 is 28.9 Å². The Morgan fingerprint density at radius 3 is 2.67 bits per heavy atom. The summed E-state index contributed by atoms with van der Waals surface area (Å²) >= 11 is 12.3. The molecule has 27 heavy (non-hydrogen) atoms. The number of hydrogen-bond acceptors (Lipinski definition) is 4. The summed E-state index contributed by atoms with van der Waals surface area (Å²) in [4.78, 5) is 9.72. The minimum atomic E-state index is -0.673. The molecule has 1 atom stereocenters. The van der Waals surface area contributed by atoms with E-state index in [4.69, 9.17) is 28.0 Å². The molecule has 1 aliphatic heterocycles. The fourth-order valence-electron chi connectivity index (χ4n) is 3.08. The van der Waals surface area contributed by atoms with Crippen molar-refractivity contribution < 1.29 is 9.52 Å². The number of halogens is 2. The molecule has 1 aliphatic rings. The highest BCUT2D eigenvalue weighted by atomic mass is 35.5. The third-order valence-corrected chi connectivity index (χ3v) is 4.93. The van der Waals surface area contributed by atoms with Gasteiger partial charge >= 0.3 is 6.33 Å². The quantitative estimate of drug-likeness (QED) is 0.679. The summed E-state index contributed by atoms with van der Waals surface area (Å²) in [7, 11) is 0. The van der Waals surface area contributed by atoms with Gasteiger partial charge < -0.3 is 4.84 Å². The molecule has 0 saturated carbocycles. The average Bonchev–Trinajstić information content (AvgIpc) is 3.31. The lowest BCUT2D eigenvalue weighted by atomic mass is 9.89. The van der Waals surface area contributed by atoms with Crippen LogP contribution in [-0.4, -0.2) is 15.8 Å². The number of benzene rings is 2. The number of nitrogens with one attached hydrogen (secondary N) is 1. The Kier molecular flexibility index (Phi) is 4.34. The van der Waals surface area contributed by atoms with E-state index in [2.05, 4.69) is 21.3 Å². The van der Waals surface area contributed by atoms with Crippen molar-refractivity contribution in [3.63, 3.8) is 0 Å². The smallest absolute Gasteiger partial charge is 0.312 e. The molecule has 0 bridgehead atoms. The number of rotatable bonds is 3. The van der Waals surface area contributed by atoms with E-state index in [9.17, 15) is 5.26 Å². The summed E-state index contributed by atoms with van der Waals surface area (Å²) in [5.41, 5.74) is 2.97. The van der Waals surface area contributed by atoms with E-state index in [1.807, 2.05) is 31.2 Å².